The van der Waals surface area contributed by atoms with Crippen LogP contribution < -0.4 is 0 Å². The van der Waals surface area contributed by atoms with Gasteiger partial charge in [-0.2, -0.15) is 0 Å². The highest BCUT2D eigenvalue weighted by Crippen LogP contribution is 2.48. The molecule has 1 N–H and O–H groups in total. The topological polar surface area (TPSA) is 46.5 Å². The molecule has 0 atom stereocenters. The van der Waals surface area contributed by atoms with Crippen molar-refractivity contribution in [3.05, 3.63) is 34.9 Å². The van der Waals surface area contributed by atoms with Crippen LogP contribution in [0, 0.1) is 19.8 Å². The quantitative estimate of drug-likeness (QED) is 0.797. The summed E-state index contributed by atoms with van der Waals surface area (Å²) in [6.45, 7) is 3.98. The highest BCUT2D eigenvalue weighted by Gasteiger charge is 2.49. The maximum Gasteiger partial charge on any atom is 0.308 e. The van der Waals surface area contributed by atoms with Crippen molar-refractivity contribution in [2.24, 2.45) is 5.92 Å². The van der Waals surface area contributed by atoms with Crippen LogP contribution in [0.2, 0.25) is 0 Å². The van der Waals surface area contributed by atoms with Gasteiger partial charge in [-0.25, -0.2) is 0 Å². The van der Waals surface area contributed by atoms with Crippen molar-refractivity contribution in [3.8, 4) is 0 Å². The first-order valence-electron chi connectivity index (χ1n) is 5.85. The van der Waals surface area contributed by atoms with E-state index in [1.807, 2.05) is 32.0 Å². The van der Waals surface area contributed by atoms with Gasteiger partial charge in [0.25, 0.3) is 0 Å². The molecule has 0 unspecified atom stereocenters. The van der Waals surface area contributed by atoms with Gasteiger partial charge in [0, 0.05) is 0 Å². The SMILES string of the molecule is COC(=O)C1CC(O)(c2c(C)cccc2C)C1. The smallest absolute Gasteiger partial charge is 0.308 e. The lowest BCUT2D eigenvalue weighted by atomic mass is 9.65. The number of methoxy groups -OCH3 is 1. The van der Waals surface area contributed by atoms with Gasteiger partial charge < -0.3 is 9.84 Å². The molecule has 3 heteroatoms. The van der Waals surface area contributed by atoms with Crippen molar-refractivity contribution >= 4 is 5.97 Å². The van der Waals surface area contributed by atoms with Gasteiger partial charge in [0.15, 0.2) is 0 Å². The summed E-state index contributed by atoms with van der Waals surface area (Å²) >= 11 is 0. The molecule has 0 aliphatic heterocycles. The Morgan fingerprint density at radius 2 is 1.88 bits per heavy atom. The van der Waals surface area contributed by atoms with Crippen LogP contribution in [0.4, 0.5) is 0 Å². The average Bonchev–Trinajstić information content (AvgIpc) is 2.24. The van der Waals surface area contributed by atoms with Crippen LogP contribution in [0.1, 0.15) is 29.5 Å². The van der Waals surface area contributed by atoms with Crippen molar-refractivity contribution in [1.29, 1.82) is 0 Å². The Kier molecular flexibility index (Phi) is 2.96. The van der Waals surface area contributed by atoms with Crippen molar-refractivity contribution in [2.45, 2.75) is 32.3 Å². The van der Waals surface area contributed by atoms with Crippen molar-refractivity contribution in [1.82, 2.24) is 0 Å². The predicted octanol–water partition coefficient (Wildman–Crippen LogP) is 2.07. The van der Waals surface area contributed by atoms with Crippen LogP contribution in [0.3, 0.4) is 0 Å². The zero-order valence-electron chi connectivity index (χ0n) is 10.5. The first-order valence-corrected chi connectivity index (χ1v) is 5.85. The largest absolute Gasteiger partial charge is 0.469 e. The van der Waals surface area contributed by atoms with Gasteiger partial charge in [0.2, 0.25) is 0 Å². The van der Waals surface area contributed by atoms with Gasteiger partial charge in [-0.1, -0.05) is 18.2 Å². The summed E-state index contributed by atoms with van der Waals surface area (Å²) in [5.41, 5.74) is 2.28. The van der Waals surface area contributed by atoms with Crippen molar-refractivity contribution < 1.29 is 14.6 Å². The molecule has 92 valence electrons. The van der Waals surface area contributed by atoms with Gasteiger partial charge in [0.1, 0.15) is 0 Å². The van der Waals surface area contributed by atoms with E-state index in [2.05, 4.69) is 0 Å². The summed E-state index contributed by atoms with van der Waals surface area (Å²) in [6.07, 6.45) is 0.927. The number of aliphatic hydroxyl groups is 1. The van der Waals surface area contributed by atoms with Crippen LogP contribution >= 0.6 is 0 Å². The van der Waals surface area contributed by atoms with Gasteiger partial charge in [-0.3, -0.25) is 4.79 Å². The Morgan fingerprint density at radius 3 is 2.35 bits per heavy atom. The third-order valence-electron chi connectivity index (χ3n) is 3.65. The lowest BCUT2D eigenvalue weighted by Crippen LogP contribution is -2.45. The number of rotatable bonds is 2. The number of esters is 1. The number of benzene rings is 1. The molecule has 0 bridgehead atoms. The van der Waals surface area contributed by atoms with Crippen LogP contribution in [0.25, 0.3) is 0 Å². The molecule has 0 saturated heterocycles. The zero-order chi connectivity index (χ0) is 12.6. The maximum absolute atomic E-state index is 11.3. The molecule has 1 saturated carbocycles. The Labute approximate surface area is 101 Å². The molecular formula is C14H18O3. The highest BCUT2D eigenvalue weighted by molar-refractivity contribution is 5.74. The average molecular weight is 234 g/mol. The van der Waals surface area contributed by atoms with E-state index in [1.165, 1.54) is 7.11 Å². The number of hydrogen-bond donors (Lipinski definition) is 1. The minimum Gasteiger partial charge on any atom is -0.469 e. The number of carbonyl (C=O) groups excluding carboxylic acids is 1. The van der Waals surface area contributed by atoms with Crippen LogP contribution in [0.15, 0.2) is 18.2 Å². The van der Waals surface area contributed by atoms with E-state index in [1.54, 1.807) is 0 Å². The summed E-state index contributed by atoms with van der Waals surface area (Å²) in [7, 11) is 1.39. The predicted molar refractivity (Wildman–Crippen MR) is 64.6 cm³/mol. The van der Waals surface area contributed by atoms with Gasteiger partial charge in [-0.15, -0.1) is 0 Å². The second-order valence-electron chi connectivity index (χ2n) is 4.93. The van der Waals surface area contributed by atoms with Crippen LogP contribution in [-0.2, 0) is 15.1 Å². The standard InChI is InChI=1S/C14H18O3/c1-9-5-4-6-10(2)12(9)14(16)7-11(8-14)13(15)17-3/h4-6,11,16H,7-8H2,1-3H3. The monoisotopic (exact) mass is 234 g/mol. The summed E-state index contributed by atoms with van der Waals surface area (Å²) in [6, 6.07) is 5.96. The second-order valence-corrected chi connectivity index (χ2v) is 4.93. The molecule has 3 nitrogen and oxygen atoms in total. The first kappa shape index (κ1) is 12.1. The normalized spacial score (nSPS) is 27.4. The molecule has 1 aromatic rings. The van der Waals surface area contributed by atoms with Gasteiger partial charge in [-0.05, 0) is 43.4 Å². The molecule has 17 heavy (non-hydrogen) atoms. The van der Waals surface area contributed by atoms with E-state index in [0.29, 0.717) is 12.8 Å². The number of hydrogen-bond acceptors (Lipinski definition) is 3. The number of ether oxygens (including phenoxy) is 1. The summed E-state index contributed by atoms with van der Waals surface area (Å²) in [5, 5.41) is 10.6. The third-order valence-corrected chi connectivity index (χ3v) is 3.65. The van der Waals surface area contributed by atoms with E-state index in [4.69, 9.17) is 4.74 Å². The van der Waals surface area contributed by atoms with E-state index in [0.717, 1.165) is 16.7 Å². The zero-order valence-corrected chi connectivity index (χ0v) is 10.5. The number of aryl methyl sites for hydroxylation is 2. The maximum atomic E-state index is 11.3. The highest BCUT2D eigenvalue weighted by atomic mass is 16.5. The van der Waals surface area contributed by atoms with E-state index in [-0.39, 0.29) is 11.9 Å². The molecule has 0 radical (unpaired) electrons. The summed E-state index contributed by atoms with van der Waals surface area (Å²) in [5.74, 6) is -0.384. The lowest BCUT2D eigenvalue weighted by Gasteiger charge is -2.43. The van der Waals surface area contributed by atoms with Gasteiger partial charge in [0.05, 0.1) is 18.6 Å². The molecule has 1 aromatic carbocycles. The fraction of sp³-hybridized carbons (Fsp3) is 0.500. The van der Waals surface area contributed by atoms with E-state index >= 15 is 0 Å². The van der Waals surface area contributed by atoms with Crippen LogP contribution in [0.5, 0.6) is 0 Å². The minimum absolute atomic E-state index is 0.163. The van der Waals surface area contributed by atoms with E-state index < -0.39 is 5.60 Å². The molecule has 0 spiro atoms. The summed E-state index contributed by atoms with van der Waals surface area (Å²) in [4.78, 5) is 11.3. The molecular weight excluding hydrogens is 216 g/mol. The fourth-order valence-electron chi connectivity index (χ4n) is 2.84. The lowest BCUT2D eigenvalue weighted by molar-refractivity contribution is -0.163. The fourth-order valence-corrected chi connectivity index (χ4v) is 2.84. The Balaban J connectivity index is 2.23. The summed E-state index contributed by atoms with van der Waals surface area (Å²) < 4.78 is 4.69. The molecule has 1 fully saturated rings. The number of carbonyl (C=O) groups is 1. The first-order chi connectivity index (χ1) is 7.98. The molecule has 0 amide bonds. The third kappa shape index (κ3) is 1.95. The van der Waals surface area contributed by atoms with Crippen molar-refractivity contribution in [3.63, 3.8) is 0 Å². The van der Waals surface area contributed by atoms with Crippen LogP contribution in [-0.4, -0.2) is 18.2 Å². The van der Waals surface area contributed by atoms with Gasteiger partial charge >= 0.3 is 5.97 Å². The molecule has 2 rings (SSSR count). The second kappa shape index (κ2) is 4.15. The Hall–Kier alpha value is -1.35. The molecule has 1 aliphatic carbocycles. The molecule has 1 aliphatic rings. The molecule has 0 heterocycles. The minimum atomic E-state index is -0.853. The molecule has 0 aromatic heterocycles. The Morgan fingerprint density at radius 1 is 1.35 bits per heavy atom. The van der Waals surface area contributed by atoms with Crippen molar-refractivity contribution in [2.75, 3.05) is 7.11 Å². The Bertz CT molecular complexity index is 425. The van der Waals surface area contributed by atoms with E-state index in [9.17, 15) is 9.90 Å².